The monoisotopic (exact) mass is 241 g/mol. The summed E-state index contributed by atoms with van der Waals surface area (Å²) in [7, 11) is 0. The molecule has 0 saturated carbocycles. The maximum absolute atomic E-state index is 10.6. The predicted molar refractivity (Wildman–Crippen MR) is 64.3 cm³/mol. The van der Waals surface area contributed by atoms with E-state index >= 15 is 0 Å². The van der Waals surface area contributed by atoms with Gasteiger partial charge in [0.2, 0.25) is 0 Å². The lowest BCUT2D eigenvalue weighted by molar-refractivity contribution is 0.0690. The SMILES string of the molecule is CCN(CC)CC(C)Nc1nc(C(=O)O)co1. The molecule has 0 aliphatic rings. The maximum atomic E-state index is 10.6. The summed E-state index contributed by atoms with van der Waals surface area (Å²) in [5.41, 5.74) is -0.0810. The zero-order valence-corrected chi connectivity index (χ0v) is 10.4. The lowest BCUT2D eigenvalue weighted by Crippen LogP contribution is -2.34. The molecular formula is C11H19N3O3. The van der Waals surface area contributed by atoms with Gasteiger partial charge < -0.3 is 19.7 Å². The summed E-state index contributed by atoms with van der Waals surface area (Å²) >= 11 is 0. The van der Waals surface area contributed by atoms with Gasteiger partial charge in [-0.15, -0.1) is 0 Å². The van der Waals surface area contributed by atoms with Gasteiger partial charge in [0.25, 0.3) is 6.01 Å². The van der Waals surface area contributed by atoms with Gasteiger partial charge in [-0.3, -0.25) is 0 Å². The second kappa shape index (κ2) is 6.24. The normalized spacial score (nSPS) is 12.7. The van der Waals surface area contributed by atoms with E-state index in [-0.39, 0.29) is 17.8 Å². The molecule has 0 saturated heterocycles. The maximum Gasteiger partial charge on any atom is 0.357 e. The Balaban J connectivity index is 2.49. The van der Waals surface area contributed by atoms with Crippen LogP contribution in [0.5, 0.6) is 0 Å². The van der Waals surface area contributed by atoms with E-state index in [2.05, 4.69) is 29.0 Å². The lowest BCUT2D eigenvalue weighted by atomic mass is 10.3. The molecule has 0 spiro atoms. The summed E-state index contributed by atoms with van der Waals surface area (Å²) in [6.07, 6.45) is 1.13. The molecule has 17 heavy (non-hydrogen) atoms. The molecule has 6 heteroatoms. The molecule has 6 nitrogen and oxygen atoms in total. The van der Waals surface area contributed by atoms with E-state index in [1.54, 1.807) is 0 Å². The number of anilines is 1. The van der Waals surface area contributed by atoms with Gasteiger partial charge in [0.05, 0.1) is 0 Å². The first kappa shape index (κ1) is 13.5. The smallest absolute Gasteiger partial charge is 0.357 e. The second-order valence-electron chi connectivity index (χ2n) is 3.87. The van der Waals surface area contributed by atoms with Crippen molar-refractivity contribution in [3.63, 3.8) is 0 Å². The first-order valence-corrected chi connectivity index (χ1v) is 5.74. The number of carboxylic acid groups (broad SMARTS) is 1. The van der Waals surface area contributed by atoms with Gasteiger partial charge in [-0.1, -0.05) is 13.8 Å². The molecule has 1 aromatic heterocycles. The average molecular weight is 241 g/mol. The van der Waals surface area contributed by atoms with Crippen molar-refractivity contribution >= 4 is 12.0 Å². The number of aromatic carboxylic acids is 1. The number of carbonyl (C=O) groups is 1. The largest absolute Gasteiger partial charge is 0.476 e. The first-order valence-electron chi connectivity index (χ1n) is 5.74. The highest BCUT2D eigenvalue weighted by Gasteiger charge is 2.13. The number of nitrogens with zero attached hydrogens (tertiary/aromatic N) is 2. The van der Waals surface area contributed by atoms with Crippen molar-refractivity contribution in [3.05, 3.63) is 12.0 Å². The topological polar surface area (TPSA) is 78.6 Å². The van der Waals surface area contributed by atoms with Crippen LogP contribution in [0.25, 0.3) is 0 Å². The van der Waals surface area contributed by atoms with Crippen LogP contribution in [-0.4, -0.2) is 46.6 Å². The zero-order valence-electron chi connectivity index (χ0n) is 10.4. The van der Waals surface area contributed by atoms with Gasteiger partial charge in [0, 0.05) is 12.6 Å². The second-order valence-corrected chi connectivity index (χ2v) is 3.87. The highest BCUT2D eigenvalue weighted by molar-refractivity contribution is 5.85. The fourth-order valence-electron chi connectivity index (χ4n) is 1.56. The van der Waals surface area contributed by atoms with Crippen LogP contribution in [-0.2, 0) is 0 Å². The molecule has 1 rings (SSSR count). The molecule has 1 heterocycles. The Morgan fingerprint density at radius 3 is 2.71 bits per heavy atom. The molecule has 0 aromatic carbocycles. The minimum absolute atomic E-state index is 0.0810. The van der Waals surface area contributed by atoms with Crippen LogP contribution in [0.4, 0.5) is 6.01 Å². The Hall–Kier alpha value is -1.56. The van der Waals surface area contributed by atoms with Crippen LogP contribution < -0.4 is 5.32 Å². The van der Waals surface area contributed by atoms with Crippen molar-refractivity contribution in [2.24, 2.45) is 0 Å². The summed E-state index contributed by atoms with van der Waals surface area (Å²) in [6, 6.07) is 0.400. The Morgan fingerprint density at radius 2 is 2.24 bits per heavy atom. The Morgan fingerprint density at radius 1 is 1.59 bits per heavy atom. The fourth-order valence-corrected chi connectivity index (χ4v) is 1.56. The van der Waals surface area contributed by atoms with Crippen LogP contribution in [0.15, 0.2) is 10.7 Å². The van der Waals surface area contributed by atoms with E-state index in [1.165, 1.54) is 0 Å². The van der Waals surface area contributed by atoms with Crippen molar-refractivity contribution < 1.29 is 14.3 Å². The van der Waals surface area contributed by atoms with Crippen LogP contribution in [0.3, 0.4) is 0 Å². The van der Waals surface area contributed by atoms with Gasteiger partial charge >= 0.3 is 5.97 Å². The van der Waals surface area contributed by atoms with Crippen molar-refractivity contribution in [1.29, 1.82) is 0 Å². The van der Waals surface area contributed by atoms with Crippen molar-refractivity contribution in [1.82, 2.24) is 9.88 Å². The summed E-state index contributed by atoms with van der Waals surface area (Å²) in [4.78, 5) is 16.7. The Kier molecular flexibility index (Phi) is 4.96. The summed E-state index contributed by atoms with van der Waals surface area (Å²) in [5.74, 6) is -1.09. The number of hydrogen-bond donors (Lipinski definition) is 2. The molecule has 0 fully saturated rings. The van der Waals surface area contributed by atoms with Gasteiger partial charge in [0.1, 0.15) is 6.26 Å². The van der Waals surface area contributed by atoms with E-state index < -0.39 is 5.97 Å². The number of aromatic nitrogens is 1. The van der Waals surface area contributed by atoms with Crippen LogP contribution in [0, 0.1) is 0 Å². The molecule has 0 amide bonds. The molecule has 0 radical (unpaired) electrons. The number of likely N-dealkylation sites (N-methyl/N-ethyl adjacent to an activating group) is 1. The minimum atomic E-state index is -1.09. The quantitative estimate of drug-likeness (QED) is 0.753. The van der Waals surface area contributed by atoms with Crippen LogP contribution in [0.1, 0.15) is 31.3 Å². The Labute approximate surface area is 101 Å². The van der Waals surface area contributed by atoms with Crippen LogP contribution in [0.2, 0.25) is 0 Å². The Bertz CT molecular complexity index is 361. The third-order valence-corrected chi connectivity index (χ3v) is 2.52. The van der Waals surface area contributed by atoms with Gasteiger partial charge in [-0.05, 0) is 20.0 Å². The van der Waals surface area contributed by atoms with Crippen LogP contribution >= 0.6 is 0 Å². The van der Waals surface area contributed by atoms with E-state index in [0.717, 1.165) is 25.9 Å². The zero-order chi connectivity index (χ0) is 12.8. The lowest BCUT2D eigenvalue weighted by Gasteiger charge is -2.22. The van der Waals surface area contributed by atoms with E-state index in [1.807, 2.05) is 6.92 Å². The summed E-state index contributed by atoms with van der Waals surface area (Å²) < 4.78 is 5.02. The highest BCUT2D eigenvalue weighted by Crippen LogP contribution is 2.09. The van der Waals surface area contributed by atoms with Gasteiger partial charge in [0.15, 0.2) is 5.69 Å². The number of carboxylic acids is 1. The van der Waals surface area contributed by atoms with Crippen molar-refractivity contribution in [3.8, 4) is 0 Å². The molecule has 96 valence electrons. The van der Waals surface area contributed by atoms with Crippen molar-refractivity contribution in [2.45, 2.75) is 26.8 Å². The summed E-state index contributed by atoms with van der Waals surface area (Å²) in [5, 5.41) is 11.7. The third kappa shape index (κ3) is 4.07. The molecule has 1 aromatic rings. The number of hydrogen-bond acceptors (Lipinski definition) is 5. The molecule has 2 N–H and O–H groups in total. The third-order valence-electron chi connectivity index (χ3n) is 2.52. The fraction of sp³-hybridized carbons (Fsp3) is 0.636. The number of rotatable bonds is 7. The average Bonchev–Trinajstić information content (AvgIpc) is 2.74. The first-order chi connectivity index (χ1) is 8.06. The molecule has 1 atom stereocenters. The van der Waals surface area contributed by atoms with E-state index in [9.17, 15) is 4.79 Å². The molecular weight excluding hydrogens is 222 g/mol. The molecule has 0 aliphatic heterocycles. The van der Waals surface area contributed by atoms with Gasteiger partial charge in [-0.25, -0.2) is 4.79 Å². The molecule has 1 unspecified atom stereocenters. The van der Waals surface area contributed by atoms with Gasteiger partial charge in [-0.2, -0.15) is 4.98 Å². The van der Waals surface area contributed by atoms with E-state index in [4.69, 9.17) is 9.52 Å². The number of nitrogens with one attached hydrogen (secondary N) is 1. The number of oxazole rings is 1. The molecule has 0 bridgehead atoms. The standard InChI is InChI=1S/C11H19N3O3/c1-4-14(5-2)6-8(3)12-11-13-9(7-17-11)10(15)16/h7-8H,4-6H2,1-3H3,(H,12,13)(H,15,16). The highest BCUT2D eigenvalue weighted by atomic mass is 16.4. The minimum Gasteiger partial charge on any atom is -0.476 e. The molecule has 0 aliphatic carbocycles. The summed E-state index contributed by atoms with van der Waals surface area (Å²) in [6.45, 7) is 9.03. The van der Waals surface area contributed by atoms with Crippen molar-refractivity contribution in [2.75, 3.05) is 25.0 Å². The van der Waals surface area contributed by atoms with E-state index in [0.29, 0.717) is 0 Å². The predicted octanol–water partition coefficient (Wildman–Crippen LogP) is 1.51.